The zero-order chi connectivity index (χ0) is 18.2. The van der Waals surface area contributed by atoms with Gasteiger partial charge < -0.3 is 16.0 Å². The van der Waals surface area contributed by atoms with E-state index in [0.717, 1.165) is 12.1 Å². The molecule has 0 atom stereocenters. The first-order chi connectivity index (χ1) is 12.0. The van der Waals surface area contributed by atoms with Crippen LogP contribution in [-0.4, -0.2) is 31.4 Å². The molecule has 0 spiro atoms. The number of benzene rings is 2. The SMILES string of the molecule is CCNCCNC(=O)c1ccc(C)c(NC(=O)c2ccccc2F)c1.Cl. The van der Waals surface area contributed by atoms with Crippen molar-refractivity contribution in [1.82, 2.24) is 10.6 Å². The Morgan fingerprint density at radius 1 is 1.04 bits per heavy atom. The number of anilines is 1. The van der Waals surface area contributed by atoms with Gasteiger partial charge in [-0.3, -0.25) is 9.59 Å². The van der Waals surface area contributed by atoms with Gasteiger partial charge in [0.2, 0.25) is 0 Å². The number of carbonyl (C=O) groups is 2. The molecule has 2 aromatic rings. The van der Waals surface area contributed by atoms with Crippen LogP contribution in [0.15, 0.2) is 42.5 Å². The lowest BCUT2D eigenvalue weighted by molar-refractivity contribution is 0.0952. The first kappa shape index (κ1) is 21.6. The van der Waals surface area contributed by atoms with E-state index in [1.807, 2.05) is 13.8 Å². The fraction of sp³-hybridized carbons (Fsp3) is 0.263. The maximum atomic E-state index is 13.7. The van der Waals surface area contributed by atoms with Crippen LogP contribution in [0.2, 0.25) is 0 Å². The van der Waals surface area contributed by atoms with E-state index in [2.05, 4.69) is 16.0 Å². The van der Waals surface area contributed by atoms with E-state index in [0.29, 0.717) is 24.3 Å². The molecule has 0 aliphatic carbocycles. The number of nitrogens with one attached hydrogen (secondary N) is 3. The maximum absolute atomic E-state index is 13.7. The smallest absolute Gasteiger partial charge is 0.258 e. The molecule has 0 unspecified atom stereocenters. The minimum absolute atomic E-state index is 0. The van der Waals surface area contributed by atoms with Gasteiger partial charge in [0, 0.05) is 24.3 Å². The van der Waals surface area contributed by atoms with Crippen LogP contribution < -0.4 is 16.0 Å². The molecule has 7 heteroatoms. The molecule has 0 aromatic heterocycles. The third-order valence-corrected chi connectivity index (χ3v) is 3.70. The van der Waals surface area contributed by atoms with Gasteiger partial charge in [0.15, 0.2) is 0 Å². The van der Waals surface area contributed by atoms with E-state index >= 15 is 0 Å². The molecule has 0 saturated heterocycles. The second-order valence-electron chi connectivity index (χ2n) is 5.57. The molecule has 0 heterocycles. The lowest BCUT2D eigenvalue weighted by atomic mass is 10.1. The lowest BCUT2D eigenvalue weighted by Crippen LogP contribution is -2.31. The fourth-order valence-corrected chi connectivity index (χ4v) is 2.28. The summed E-state index contributed by atoms with van der Waals surface area (Å²) in [5.41, 5.74) is 1.66. The minimum atomic E-state index is -0.588. The number of hydrogen-bond donors (Lipinski definition) is 3. The van der Waals surface area contributed by atoms with Crippen LogP contribution in [0.4, 0.5) is 10.1 Å². The molecule has 2 rings (SSSR count). The number of carbonyl (C=O) groups excluding carboxylic acids is 2. The van der Waals surface area contributed by atoms with Crippen molar-refractivity contribution in [1.29, 1.82) is 0 Å². The number of aryl methyl sites for hydroxylation is 1. The normalized spacial score (nSPS) is 9.96. The molecule has 0 aliphatic heterocycles. The number of rotatable bonds is 7. The summed E-state index contributed by atoms with van der Waals surface area (Å²) in [6.45, 7) is 5.84. The van der Waals surface area contributed by atoms with E-state index in [1.54, 1.807) is 24.3 Å². The van der Waals surface area contributed by atoms with Crippen molar-refractivity contribution in [3.8, 4) is 0 Å². The van der Waals surface area contributed by atoms with Crippen LogP contribution in [0.3, 0.4) is 0 Å². The molecular weight excluding hydrogens is 357 g/mol. The van der Waals surface area contributed by atoms with Crippen molar-refractivity contribution >= 4 is 29.9 Å². The van der Waals surface area contributed by atoms with Gasteiger partial charge in [0.25, 0.3) is 11.8 Å². The second-order valence-corrected chi connectivity index (χ2v) is 5.57. The summed E-state index contributed by atoms with van der Waals surface area (Å²) in [4.78, 5) is 24.4. The largest absolute Gasteiger partial charge is 0.351 e. The average Bonchev–Trinajstić information content (AvgIpc) is 2.60. The third kappa shape index (κ3) is 5.82. The Bertz CT molecular complexity index is 768. The Morgan fingerprint density at radius 2 is 1.77 bits per heavy atom. The topological polar surface area (TPSA) is 70.2 Å². The monoisotopic (exact) mass is 379 g/mol. The standard InChI is InChI=1S/C19H22FN3O2.ClH/c1-3-21-10-11-22-18(24)14-9-8-13(2)17(12-14)23-19(25)15-6-4-5-7-16(15)20;/h4-9,12,21H,3,10-11H2,1-2H3,(H,22,24)(H,23,25);1H. The van der Waals surface area contributed by atoms with Crippen LogP contribution in [0.5, 0.6) is 0 Å². The predicted octanol–water partition coefficient (Wildman–Crippen LogP) is 3.15. The molecule has 0 radical (unpaired) electrons. The van der Waals surface area contributed by atoms with E-state index < -0.39 is 11.7 Å². The van der Waals surface area contributed by atoms with Gasteiger partial charge in [0.1, 0.15) is 5.82 Å². The van der Waals surface area contributed by atoms with Crippen LogP contribution in [0.1, 0.15) is 33.2 Å². The van der Waals surface area contributed by atoms with Crippen molar-refractivity contribution in [2.45, 2.75) is 13.8 Å². The molecule has 26 heavy (non-hydrogen) atoms. The van der Waals surface area contributed by atoms with Gasteiger partial charge in [0.05, 0.1) is 5.56 Å². The Hall–Kier alpha value is -2.44. The highest BCUT2D eigenvalue weighted by molar-refractivity contribution is 6.05. The van der Waals surface area contributed by atoms with Crippen LogP contribution >= 0.6 is 12.4 Å². The van der Waals surface area contributed by atoms with Gasteiger partial charge in [-0.15, -0.1) is 12.4 Å². The van der Waals surface area contributed by atoms with Gasteiger partial charge >= 0.3 is 0 Å². The molecule has 2 amide bonds. The van der Waals surface area contributed by atoms with Gasteiger partial charge in [-0.1, -0.05) is 25.1 Å². The van der Waals surface area contributed by atoms with Crippen molar-refractivity contribution in [2.75, 3.05) is 25.0 Å². The van der Waals surface area contributed by atoms with Crippen LogP contribution in [-0.2, 0) is 0 Å². The highest BCUT2D eigenvalue weighted by Crippen LogP contribution is 2.19. The van der Waals surface area contributed by atoms with Crippen molar-refractivity contribution in [3.05, 3.63) is 65.0 Å². The van der Waals surface area contributed by atoms with E-state index in [1.165, 1.54) is 18.2 Å². The summed E-state index contributed by atoms with van der Waals surface area (Å²) >= 11 is 0. The molecule has 0 saturated carbocycles. The Balaban J connectivity index is 0.00000338. The molecule has 0 fully saturated rings. The summed E-state index contributed by atoms with van der Waals surface area (Å²) in [5, 5.41) is 8.59. The zero-order valence-corrected chi connectivity index (χ0v) is 15.6. The second kappa shape index (κ2) is 10.5. The molecule has 3 N–H and O–H groups in total. The average molecular weight is 380 g/mol. The van der Waals surface area contributed by atoms with Crippen LogP contribution in [0, 0.1) is 12.7 Å². The summed E-state index contributed by atoms with van der Waals surface area (Å²) in [6.07, 6.45) is 0. The van der Waals surface area contributed by atoms with Crippen molar-refractivity contribution in [3.63, 3.8) is 0 Å². The number of hydrogen-bond acceptors (Lipinski definition) is 3. The predicted molar refractivity (Wildman–Crippen MR) is 104 cm³/mol. The van der Waals surface area contributed by atoms with Gasteiger partial charge in [-0.2, -0.15) is 0 Å². The lowest BCUT2D eigenvalue weighted by Gasteiger charge is -2.11. The van der Waals surface area contributed by atoms with E-state index in [9.17, 15) is 14.0 Å². The Kier molecular flexibility index (Phi) is 8.75. The zero-order valence-electron chi connectivity index (χ0n) is 14.8. The summed E-state index contributed by atoms with van der Waals surface area (Å²) < 4.78 is 13.7. The number of likely N-dealkylation sites (N-methyl/N-ethyl adjacent to an activating group) is 1. The molecule has 140 valence electrons. The molecule has 5 nitrogen and oxygen atoms in total. The highest BCUT2D eigenvalue weighted by atomic mass is 35.5. The fourth-order valence-electron chi connectivity index (χ4n) is 2.28. The highest BCUT2D eigenvalue weighted by Gasteiger charge is 2.14. The summed E-state index contributed by atoms with van der Waals surface area (Å²) in [6, 6.07) is 10.8. The Morgan fingerprint density at radius 3 is 2.46 bits per heavy atom. The quantitative estimate of drug-likeness (QED) is 0.647. The van der Waals surface area contributed by atoms with Crippen LogP contribution in [0.25, 0.3) is 0 Å². The van der Waals surface area contributed by atoms with E-state index in [4.69, 9.17) is 0 Å². The molecule has 0 bridgehead atoms. The van der Waals surface area contributed by atoms with Crippen molar-refractivity contribution in [2.24, 2.45) is 0 Å². The van der Waals surface area contributed by atoms with Gasteiger partial charge in [-0.05, 0) is 43.3 Å². The maximum Gasteiger partial charge on any atom is 0.258 e. The number of halogens is 2. The molecule has 0 aliphatic rings. The summed E-state index contributed by atoms with van der Waals surface area (Å²) in [5.74, 6) is -1.36. The molecule has 2 aromatic carbocycles. The third-order valence-electron chi connectivity index (χ3n) is 3.70. The summed E-state index contributed by atoms with van der Waals surface area (Å²) in [7, 11) is 0. The van der Waals surface area contributed by atoms with Gasteiger partial charge in [-0.25, -0.2) is 4.39 Å². The first-order valence-corrected chi connectivity index (χ1v) is 8.18. The first-order valence-electron chi connectivity index (χ1n) is 8.18. The minimum Gasteiger partial charge on any atom is -0.351 e. The van der Waals surface area contributed by atoms with Crippen molar-refractivity contribution < 1.29 is 14.0 Å². The number of amides is 2. The molecular formula is C19H23ClFN3O2. The Labute approximate surface area is 158 Å². The van der Waals surface area contributed by atoms with E-state index in [-0.39, 0.29) is 23.9 Å².